The molecular weight excluding hydrogens is 342 g/mol. The first-order valence-electron chi connectivity index (χ1n) is 5.30. The number of nitrogens with one attached hydrogen (secondary N) is 1. The maximum atomic E-state index is 13.4. The Labute approximate surface area is 119 Å². The molecular formula is C13H6BrF4NO. The van der Waals surface area contributed by atoms with Gasteiger partial charge in [-0.05, 0) is 24.3 Å². The standard InChI is InChI=1S/C13H6BrF4NO/c14-6-2-1-3-7(4-6)19-13(20)8-5-9(15)11(17)12(18)10(8)16/h1-5H,(H,19,20). The number of hydrogen-bond donors (Lipinski definition) is 1. The highest BCUT2D eigenvalue weighted by atomic mass is 79.9. The van der Waals surface area contributed by atoms with Gasteiger partial charge < -0.3 is 5.32 Å². The van der Waals surface area contributed by atoms with Gasteiger partial charge in [-0.2, -0.15) is 0 Å². The molecule has 2 aromatic carbocycles. The summed E-state index contributed by atoms with van der Waals surface area (Å²) in [5, 5.41) is 2.25. The van der Waals surface area contributed by atoms with E-state index in [2.05, 4.69) is 21.2 Å². The topological polar surface area (TPSA) is 29.1 Å². The van der Waals surface area contributed by atoms with Crippen LogP contribution in [0.3, 0.4) is 0 Å². The summed E-state index contributed by atoms with van der Waals surface area (Å²) in [6, 6.07) is 6.60. The molecule has 1 N–H and O–H groups in total. The molecule has 0 atom stereocenters. The quantitative estimate of drug-likeness (QED) is 0.491. The Morgan fingerprint density at radius 3 is 2.35 bits per heavy atom. The van der Waals surface area contributed by atoms with Crippen LogP contribution in [0.4, 0.5) is 23.2 Å². The van der Waals surface area contributed by atoms with Crippen molar-refractivity contribution in [2.24, 2.45) is 0 Å². The summed E-state index contributed by atoms with van der Waals surface area (Å²) in [7, 11) is 0. The van der Waals surface area contributed by atoms with E-state index < -0.39 is 34.7 Å². The molecule has 0 saturated heterocycles. The highest BCUT2D eigenvalue weighted by molar-refractivity contribution is 9.10. The van der Waals surface area contributed by atoms with Crippen LogP contribution in [0.25, 0.3) is 0 Å². The van der Waals surface area contributed by atoms with E-state index in [9.17, 15) is 22.4 Å². The second-order valence-corrected chi connectivity index (χ2v) is 4.73. The molecule has 0 fully saturated rings. The van der Waals surface area contributed by atoms with Gasteiger partial charge in [0.2, 0.25) is 0 Å². The Bertz CT molecular complexity index is 690. The number of halogens is 5. The molecule has 2 nitrogen and oxygen atoms in total. The van der Waals surface area contributed by atoms with Gasteiger partial charge in [-0.3, -0.25) is 4.79 Å². The molecule has 0 radical (unpaired) electrons. The summed E-state index contributed by atoms with van der Waals surface area (Å²) in [5.41, 5.74) is -0.629. The van der Waals surface area contributed by atoms with E-state index in [4.69, 9.17) is 0 Å². The van der Waals surface area contributed by atoms with Gasteiger partial charge in [0.15, 0.2) is 23.3 Å². The highest BCUT2D eigenvalue weighted by Gasteiger charge is 2.23. The Hall–Kier alpha value is -1.89. The number of hydrogen-bond acceptors (Lipinski definition) is 1. The molecule has 0 heterocycles. The third-order valence-electron chi connectivity index (χ3n) is 2.43. The van der Waals surface area contributed by atoms with E-state index in [0.29, 0.717) is 10.5 Å². The molecule has 0 unspecified atom stereocenters. The van der Waals surface area contributed by atoms with E-state index in [-0.39, 0.29) is 5.69 Å². The van der Waals surface area contributed by atoms with Crippen LogP contribution in [0.15, 0.2) is 34.8 Å². The molecule has 0 aliphatic heterocycles. The zero-order valence-electron chi connectivity index (χ0n) is 9.68. The summed E-state index contributed by atoms with van der Waals surface area (Å²) in [5.74, 6) is -8.44. The fourth-order valence-electron chi connectivity index (χ4n) is 1.50. The monoisotopic (exact) mass is 347 g/mol. The molecule has 1 amide bonds. The van der Waals surface area contributed by atoms with Crippen LogP contribution in [0.5, 0.6) is 0 Å². The van der Waals surface area contributed by atoms with Crippen LogP contribution in [0.2, 0.25) is 0 Å². The van der Waals surface area contributed by atoms with Crippen LogP contribution in [-0.2, 0) is 0 Å². The molecule has 0 aromatic heterocycles. The van der Waals surface area contributed by atoms with Crippen molar-refractivity contribution in [1.82, 2.24) is 0 Å². The van der Waals surface area contributed by atoms with Crippen molar-refractivity contribution in [1.29, 1.82) is 0 Å². The smallest absolute Gasteiger partial charge is 0.258 e. The van der Waals surface area contributed by atoms with Gasteiger partial charge in [0.1, 0.15) is 0 Å². The van der Waals surface area contributed by atoms with Crippen molar-refractivity contribution in [3.05, 3.63) is 63.6 Å². The van der Waals surface area contributed by atoms with E-state index in [1.54, 1.807) is 12.1 Å². The van der Waals surface area contributed by atoms with Crippen molar-refractivity contribution >= 4 is 27.5 Å². The van der Waals surface area contributed by atoms with Crippen molar-refractivity contribution < 1.29 is 22.4 Å². The average Bonchev–Trinajstić information content (AvgIpc) is 2.40. The number of benzene rings is 2. The van der Waals surface area contributed by atoms with Gasteiger partial charge in [-0.1, -0.05) is 22.0 Å². The minimum absolute atomic E-state index is 0.286. The largest absolute Gasteiger partial charge is 0.322 e. The van der Waals surface area contributed by atoms with E-state index in [1.807, 2.05) is 0 Å². The zero-order valence-corrected chi connectivity index (χ0v) is 11.3. The summed E-state index contributed by atoms with van der Waals surface area (Å²) in [6.07, 6.45) is 0. The van der Waals surface area contributed by atoms with Gasteiger partial charge in [0, 0.05) is 10.2 Å². The number of anilines is 1. The van der Waals surface area contributed by atoms with Crippen LogP contribution < -0.4 is 5.32 Å². The lowest BCUT2D eigenvalue weighted by atomic mass is 10.1. The first-order valence-corrected chi connectivity index (χ1v) is 6.09. The van der Waals surface area contributed by atoms with E-state index in [0.717, 1.165) is 0 Å². The Morgan fingerprint density at radius 2 is 1.70 bits per heavy atom. The van der Waals surface area contributed by atoms with Crippen LogP contribution >= 0.6 is 15.9 Å². The van der Waals surface area contributed by atoms with Crippen molar-refractivity contribution in [2.75, 3.05) is 5.32 Å². The summed E-state index contributed by atoms with van der Waals surface area (Å²) < 4.78 is 52.9. The lowest BCUT2D eigenvalue weighted by molar-refractivity contribution is 0.102. The SMILES string of the molecule is O=C(Nc1cccc(Br)c1)c1cc(F)c(F)c(F)c1F. The number of rotatable bonds is 2. The van der Waals surface area contributed by atoms with Crippen LogP contribution in [0.1, 0.15) is 10.4 Å². The lowest BCUT2D eigenvalue weighted by Gasteiger charge is -2.08. The predicted octanol–water partition coefficient (Wildman–Crippen LogP) is 4.26. The molecule has 0 saturated carbocycles. The Balaban J connectivity index is 2.35. The van der Waals surface area contributed by atoms with Gasteiger partial charge in [0.05, 0.1) is 5.56 Å². The van der Waals surface area contributed by atoms with Crippen LogP contribution in [-0.4, -0.2) is 5.91 Å². The predicted molar refractivity (Wildman–Crippen MR) is 68.4 cm³/mol. The molecule has 0 aliphatic rings. The van der Waals surface area contributed by atoms with E-state index in [1.165, 1.54) is 12.1 Å². The fraction of sp³-hybridized carbons (Fsp3) is 0. The first kappa shape index (κ1) is 14.5. The molecule has 2 aromatic rings. The van der Waals surface area contributed by atoms with Crippen LogP contribution in [0, 0.1) is 23.3 Å². The maximum absolute atomic E-state index is 13.4. The fourth-order valence-corrected chi connectivity index (χ4v) is 1.90. The minimum atomic E-state index is -2.02. The molecule has 2 rings (SSSR count). The second kappa shape index (κ2) is 5.62. The molecule has 0 aliphatic carbocycles. The third kappa shape index (κ3) is 2.82. The highest BCUT2D eigenvalue weighted by Crippen LogP contribution is 2.21. The van der Waals surface area contributed by atoms with Gasteiger partial charge in [0.25, 0.3) is 5.91 Å². The average molecular weight is 348 g/mol. The number of carbonyl (C=O) groups is 1. The van der Waals surface area contributed by atoms with Crippen molar-refractivity contribution in [3.8, 4) is 0 Å². The lowest BCUT2D eigenvalue weighted by Crippen LogP contribution is -2.16. The Morgan fingerprint density at radius 1 is 1.00 bits per heavy atom. The third-order valence-corrected chi connectivity index (χ3v) is 2.92. The molecule has 20 heavy (non-hydrogen) atoms. The summed E-state index contributed by atoms with van der Waals surface area (Å²) >= 11 is 3.16. The summed E-state index contributed by atoms with van der Waals surface area (Å²) in [6.45, 7) is 0. The van der Waals surface area contributed by atoms with Gasteiger partial charge in [-0.15, -0.1) is 0 Å². The van der Waals surface area contributed by atoms with Crippen molar-refractivity contribution in [3.63, 3.8) is 0 Å². The Kier molecular flexibility index (Phi) is 4.08. The summed E-state index contributed by atoms with van der Waals surface area (Å²) in [4.78, 5) is 11.7. The minimum Gasteiger partial charge on any atom is -0.322 e. The van der Waals surface area contributed by atoms with Gasteiger partial charge in [-0.25, -0.2) is 17.6 Å². The van der Waals surface area contributed by atoms with Crippen molar-refractivity contribution in [2.45, 2.75) is 0 Å². The first-order chi connectivity index (χ1) is 9.40. The maximum Gasteiger partial charge on any atom is 0.258 e. The molecule has 0 bridgehead atoms. The normalized spacial score (nSPS) is 10.4. The molecule has 0 spiro atoms. The van der Waals surface area contributed by atoms with Gasteiger partial charge >= 0.3 is 0 Å². The zero-order chi connectivity index (χ0) is 14.9. The molecule has 7 heteroatoms. The number of carbonyl (C=O) groups excluding carboxylic acids is 1. The molecule has 104 valence electrons. The van der Waals surface area contributed by atoms with E-state index >= 15 is 0 Å². The second-order valence-electron chi connectivity index (χ2n) is 3.81. The number of amides is 1.